The Bertz CT molecular complexity index is 979. The SMILES string of the molecule is CC(C)[C@@H]1CC[C@@H](C)C[C@H]1O[C@H]1OC(=O)C(Br)=C1Sc1nnc(-c2ccc(Cl)cc2)s1. The molecule has 1 saturated carbocycles. The predicted octanol–water partition coefficient (Wildman–Crippen LogP) is 6.92. The van der Waals surface area contributed by atoms with E-state index in [2.05, 4.69) is 46.9 Å². The van der Waals surface area contributed by atoms with Crippen molar-refractivity contribution in [2.75, 3.05) is 0 Å². The van der Waals surface area contributed by atoms with Crippen molar-refractivity contribution < 1.29 is 14.3 Å². The van der Waals surface area contributed by atoms with Gasteiger partial charge in [0.1, 0.15) is 9.49 Å². The summed E-state index contributed by atoms with van der Waals surface area (Å²) < 4.78 is 13.1. The van der Waals surface area contributed by atoms with Crippen molar-refractivity contribution in [1.82, 2.24) is 10.2 Å². The molecule has 0 amide bonds. The van der Waals surface area contributed by atoms with Crippen molar-refractivity contribution >= 4 is 56.6 Å². The van der Waals surface area contributed by atoms with Crippen molar-refractivity contribution in [2.45, 2.75) is 56.8 Å². The van der Waals surface area contributed by atoms with E-state index in [-0.39, 0.29) is 6.10 Å². The third-order valence-corrected chi connectivity index (χ3v) is 9.18. The molecule has 0 N–H and O–H groups in total. The Labute approximate surface area is 204 Å². The normalized spacial score (nSPS) is 26.6. The molecule has 1 aromatic carbocycles. The van der Waals surface area contributed by atoms with Crippen LogP contribution in [0.4, 0.5) is 0 Å². The standard InChI is InChI=1S/C22H24BrClN2O3S2/c1-11(2)15-9-4-12(3)10-16(15)28-21-18(17(23)20(27)29-21)30-22-26-25-19(31-22)13-5-7-14(24)8-6-13/h5-8,11-12,15-16,21H,4,9-10H2,1-3H3/t12-,15+,16-,21+/m1/s1. The van der Waals surface area contributed by atoms with Crippen LogP contribution in [0.3, 0.4) is 0 Å². The highest BCUT2D eigenvalue weighted by atomic mass is 79.9. The zero-order chi connectivity index (χ0) is 22.1. The summed E-state index contributed by atoms with van der Waals surface area (Å²) >= 11 is 12.2. The lowest BCUT2D eigenvalue weighted by Gasteiger charge is -2.38. The molecule has 2 heterocycles. The van der Waals surface area contributed by atoms with Gasteiger partial charge in [0, 0.05) is 10.6 Å². The third kappa shape index (κ3) is 5.36. The Hall–Kier alpha value is -0.930. The molecule has 2 aliphatic rings. The molecule has 0 radical (unpaired) electrons. The van der Waals surface area contributed by atoms with Gasteiger partial charge in [-0.2, -0.15) is 0 Å². The fraction of sp³-hybridized carbons (Fsp3) is 0.500. The number of ether oxygens (including phenoxy) is 2. The highest BCUT2D eigenvalue weighted by molar-refractivity contribution is 9.12. The van der Waals surface area contributed by atoms with Crippen LogP contribution in [0, 0.1) is 17.8 Å². The van der Waals surface area contributed by atoms with E-state index < -0.39 is 12.3 Å². The van der Waals surface area contributed by atoms with E-state index in [1.165, 1.54) is 29.5 Å². The van der Waals surface area contributed by atoms with Crippen molar-refractivity contribution in [3.05, 3.63) is 38.7 Å². The number of carbonyl (C=O) groups is 1. The quantitative estimate of drug-likeness (QED) is 0.369. The fourth-order valence-corrected chi connectivity index (χ4v) is 6.62. The van der Waals surface area contributed by atoms with Crippen molar-refractivity contribution in [3.63, 3.8) is 0 Å². The lowest BCUT2D eigenvalue weighted by Crippen LogP contribution is -2.37. The van der Waals surface area contributed by atoms with Crippen LogP contribution >= 0.6 is 50.6 Å². The maximum Gasteiger partial charge on any atom is 0.348 e. The number of rotatable bonds is 6. The molecular weight excluding hydrogens is 520 g/mol. The molecule has 166 valence electrons. The lowest BCUT2D eigenvalue weighted by atomic mass is 9.75. The first-order valence-electron chi connectivity index (χ1n) is 10.3. The molecule has 0 saturated heterocycles. The first-order valence-corrected chi connectivity index (χ1v) is 13.2. The summed E-state index contributed by atoms with van der Waals surface area (Å²) in [6, 6.07) is 7.48. The zero-order valence-electron chi connectivity index (χ0n) is 17.5. The van der Waals surface area contributed by atoms with Gasteiger partial charge in [0.15, 0.2) is 4.34 Å². The Morgan fingerprint density at radius 1 is 1.26 bits per heavy atom. The highest BCUT2D eigenvalue weighted by Crippen LogP contribution is 2.44. The minimum absolute atomic E-state index is 0.0644. The van der Waals surface area contributed by atoms with Crippen LogP contribution in [0.15, 0.2) is 38.0 Å². The molecule has 1 aliphatic carbocycles. The van der Waals surface area contributed by atoms with Crippen LogP contribution in [0.1, 0.15) is 40.0 Å². The Kier molecular flexibility index (Phi) is 7.43. The largest absolute Gasteiger partial charge is 0.427 e. The molecule has 0 bridgehead atoms. The number of cyclic esters (lactones) is 1. The Balaban J connectivity index is 1.51. The molecule has 9 heteroatoms. The molecule has 1 fully saturated rings. The molecule has 2 aromatic rings. The van der Waals surface area contributed by atoms with Gasteiger partial charge in [-0.25, -0.2) is 4.79 Å². The molecule has 4 atom stereocenters. The minimum atomic E-state index is -0.716. The number of hydrogen-bond donors (Lipinski definition) is 0. The number of aromatic nitrogens is 2. The van der Waals surface area contributed by atoms with E-state index in [1.807, 2.05) is 24.3 Å². The Morgan fingerprint density at radius 3 is 2.71 bits per heavy atom. The van der Waals surface area contributed by atoms with Crippen LogP contribution in [0.25, 0.3) is 10.6 Å². The summed E-state index contributed by atoms with van der Waals surface area (Å²) in [6.07, 6.45) is 2.68. The Morgan fingerprint density at radius 2 is 2.00 bits per heavy atom. The van der Waals surface area contributed by atoms with Crippen LogP contribution in [0.5, 0.6) is 0 Å². The summed E-state index contributed by atoms with van der Waals surface area (Å²) in [4.78, 5) is 13.0. The number of esters is 1. The molecular formula is C22H24BrClN2O3S2. The number of halogens is 2. The summed E-state index contributed by atoms with van der Waals surface area (Å²) in [5, 5.41) is 10.1. The fourth-order valence-electron chi connectivity index (χ4n) is 4.07. The maximum absolute atomic E-state index is 12.3. The summed E-state index contributed by atoms with van der Waals surface area (Å²) in [5.41, 5.74) is 0.948. The molecule has 31 heavy (non-hydrogen) atoms. The highest BCUT2D eigenvalue weighted by Gasteiger charge is 2.40. The first kappa shape index (κ1) is 23.2. The van der Waals surface area contributed by atoms with Gasteiger partial charge >= 0.3 is 5.97 Å². The summed E-state index contributed by atoms with van der Waals surface area (Å²) in [6.45, 7) is 6.73. The number of benzene rings is 1. The zero-order valence-corrected chi connectivity index (χ0v) is 21.5. The van der Waals surface area contributed by atoms with E-state index >= 15 is 0 Å². The van der Waals surface area contributed by atoms with Crippen LogP contribution in [-0.4, -0.2) is 28.6 Å². The minimum Gasteiger partial charge on any atom is -0.427 e. The average Bonchev–Trinajstić information content (AvgIpc) is 3.29. The lowest BCUT2D eigenvalue weighted by molar-refractivity contribution is -0.179. The number of hydrogen-bond acceptors (Lipinski definition) is 7. The average molecular weight is 544 g/mol. The van der Waals surface area contributed by atoms with Gasteiger partial charge in [-0.1, -0.05) is 74.0 Å². The molecule has 1 aromatic heterocycles. The summed E-state index contributed by atoms with van der Waals surface area (Å²) in [7, 11) is 0. The van der Waals surface area contributed by atoms with E-state index in [4.69, 9.17) is 21.1 Å². The van der Waals surface area contributed by atoms with Gasteiger partial charge in [-0.15, -0.1) is 10.2 Å². The van der Waals surface area contributed by atoms with Gasteiger partial charge < -0.3 is 9.47 Å². The van der Waals surface area contributed by atoms with E-state index in [1.54, 1.807) is 0 Å². The molecule has 0 spiro atoms. The number of carbonyl (C=O) groups excluding carboxylic acids is 1. The predicted molar refractivity (Wildman–Crippen MR) is 128 cm³/mol. The topological polar surface area (TPSA) is 61.3 Å². The van der Waals surface area contributed by atoms with E-state index in [9.17, 15) is 4.79 Å². The van der Waals surface area contributed by atoms with E-state index in [0.29, 0.717) is 32.2 Å². The number of nitrogens with zero attached hydrogens (tertiary/aromatic N) is 2. The maximum atomic E-state index is 12.3. The monoisotopic (exact) mass is 542 g/mol. The molecule has 1 aliphatic heterocycles. The van der Waals surface area contributed by atoms with Crippen molar-refractivity contribution in [1.29, 1.82) is 0 Å². The third-order valence-electron chi connectivity index (χ3n) is 5.78. The van der Waals surface area contributed by atoms with Crippen LogP contribution in [-0.2, 0) is 14.3 Å². The van der Waals surface area contributed by atoms with E-state index in [0.717, 1.165) is 27.8 Å². The summed E-state index contributed by atoms with van der Waals surface area (Å²) in [5.74, 6) is 1.17. The second-order valence-electron chi connectivity index (χ2n) is 8.40. The van der Waals surface area contributed by atoms with Gasteiger partial charge in [-0.05, 0) is 58.7 Å². The smallest absolute Gasteiger partial charge is 0.348 e. The van der Waals surface area contributed by atoms with Gasteiger partial charge in [0.25, 0.3) is 0 Å². The molecule has 0 unspecified atom stereocenters. The van der Waals surface area contributed by atoms with Crippen molar-refractivity contribution in [3.8, 4) is 10.6 Å². The second-order valence-corrected chi connectivity index (χ2v) is 11.9. The van der Waals surface area contributed by atoms with Gasteiger partial charge in [-0.3, -0.25) is 0 Å². The number of thioether (sulfide) groups is 1. The molecule has 4 rings (SSSR count). The second kappa shape index (κ2) is 9.91. The van der Waals surface area contributed by atoms with Gasteiger partial charge in [0.2, 0.25) is 6.29 Å². The van der Waals surface area contributed by atoms with Crippen LogP contribution in [0.2, 0.25) is 5.02 Å². The van der Waals surface area contributed by atoms with Crippen LogP contribution < -0.4 is 0 Å². The van der Waals surface area contributed by atoms with Crippen molar-refractivity contribution in [2.24, 2.45) is 17.8 Å². The first-order chi connectivity index (χ1) is 14.8. The molecule has 5 nitrogen and oxygen atoms in total. The van der Waals surface area contributed by atoms with Gasteiger partial charge in [0.05, 0.1) is 11.0 Å².